The monoisotopic (exact) mass is 250 g/mol. The number of nitrogen functional groups attached to an aromatic ring is 1. The molecule has 0 aliphatic carbocycles. The van der Waals surface area contributed by atoms with Crippen molar-refractivity contribution in [3.63, 3.8) is 0 Å². The van der Waals surface area contributed by atoms with E-state index in [1.165, 1.54) is 7.11 Å². The zero-order chi connectivity index (χ0) is 13.1. The quantitative estimate of drug-likeness (QED) is 0.799. The van der Waals surface area contributed by atoms with E-state index in [1.807, 2.05) is 6.92 Å². The van der Waals surface area contributed by atoms with Gasteiger partial charge in [0.1, 0.15) is 0 Å². The van der Waals surface area contributed by atoms with Gasteiger partial charge in [-0.15, -0.1) is 0 Å². The third-order valence-electron chi connectivity index (χ3n) is 3.11. The minimum absolute atomic E-state index is 0.0602. The first kappa shape index (κ1) is 12.7. The van der Waals surface area contributed by atoms with Gasteiger partial charge in [-0.1, -0.05) is 6.07 Å². The lowest BCUT2D eigenvalue weighted by molar-refractivity contribution is 0.00345. The molecule has 1 heterocycles. The molecule has 1 aliphatic rings. The molecule has 0 saturated carbocycles. The highest BCUT2D eigenvalue weighted by Crippen LogP contribution is 2.27. The van der Waals surface area contributed by atoms with Crippen molar-refractivity contribution in [2.75, 3.05) is 32.6 Å². The number of nitrogens with zero attached hydrogens (tertiary/aromatic N) is 1. The molecule has 2 rings (SSSR count). The fourth-order valence-corrected chi connectivity index (χ4v) is 2.13. The van der Waals surface area contributed by atoms with Gasteiger partial charge in [0.05, 0.1) is 37.6 Å². The molecule has 0 bridgehead atoms. The lowest BCUT2D eigenvalue weighted by atomic mass is 10.1. The first-order valence-electron chi connectivity index (χ1n) is 5.96. The average Bonchev–Trinajstić information content (AvgIpc) is 2.38. The zero-order valence-electron chi connectivity index (χ0n) is 10.7. The number of hydrogen-bond acceptors (Lipinski definition) is 4. The summed E-state index contributed by atoms with van der Waals surface area (Å²) in [6, 6.07) is 5.28. The molecule has 5 nitrogen and oxygen atoms in total. The number of hydrogen-bond donors (Lipinski definition) is 1. The van der Waals surface area contributed by atoms with Gasteiger partial charge in [-0.25, -0.2) is 0 Å². The number of nitrogens with two attached hydrogens (primary N) is 1. The first-order chi connectivity index (χ1) is 8.65. The maximum atomic E-state index is 12.5. The minimum Gasteiger partial charge on any atom is -0.494 e. The summed E-state index contributed by atoms with van der Waals surface area (Å²) in [5.74, 6) is 0.385. The van der Waals surface area contributed by atoms with Crippen molar-refractivity contribution in [3.8, 4) is 5.75 Å². The number of anilines is 1. The van der Waals surface area contributed by atoms with Crippen LogP contribution in [-0.4, -0.2) is 43.7 Å². The van der Waals surface area contributed by atoms with Crippen molar-refractivity contribution in [2.24, 2.45) is 0 Å². The summed E-state index contributed by atoms with van der Waals surface area (Å²) in [5, 5.41) is 0. The largest absolute Gasteiger partial charge is 0.494 e. The van der Waals surface area contributed by atoms with Crippen LogP contribution < -0.4 is 10.5 Å². The molecule has 98 valence electrons. The molecule has 18 heavy (non-hydrogen) atoms. The summed E-state index contributed by atoms with van der Waals surface area (Å²) >= 11 is 0. The maximum absolute atomic E-state index is 12.5. The number of amides is 1. The standard InChI is InChI=1S/C13H18N2O3/c1-9-8-18-7-6-15(9)13(16)10-4-3-5-11(14)12(10)17-2/h3-5,9H,6-8,14H2,1-2H3/t9-/m1/s1. The Hall–Kier alpha value is -1.75. The van der Waals surface area contributed by atoms with E-state index in [0.29, 0.717) is 36.8 Å². The molecule has 1 aliphatic heterocycles. The Labute approximate surface area is 106 Å². The number of ether oxygens (including phenoxy) is 2. The molecular formula is C13H18N2O3. The highest BCUT2D eigenvalue weighted by molar-refractivity contribution is 5.98. The zero-order valence-corrected chi connectivity index (χ0v) is 10.7. The number of carbonyl (C=O) groups excluding carboxylic acids is 1. The Morgan fingerprint density at radius 2 is 2.33 bits per heavy atom. The maximum Gasteiger partial charge on any atom is 0.258 e. The number of methoxy groups -OCH3 is 1. The van der Waals surface area contributed by atoms with Crippen LogP contribution in [0.5, 0.6) is 5.75 Å². The Kier molecular flexibility index (Phi) is 3.72. The summed E-state index contributed by atoms with van der Waals surface area (Å²) in [6.45, 7) is 3.70. The molecule has 2 N–H and O–H groups in total. The normalized spacial score (nSPS) is 19.7. The van der Waals surface area contributed by atoms with Crippen LogP contribution in [0, 0.1) is 0 Å². The van der Waals surface area contributed by atoms with E-state index in [4.69, 9.17) is 15.2 Å². The minimum atomic E-state index is -0.0602. The van der Waals surface area contributed by atoms with E-state index >= 15 is 0 Å². The number of rotatable bonds is 2. The third-order valence-corrected chi connectivity index (χ3v) is 3.11. The van der Waals surface area contributed by atoms with Crippen LogP contribution in [-0.2, 0) is 4.74 Å². The van der Waals surface area contributed by atoms with Gasteiger partial charge in [0, 0.05) is 6.54 Å². The molecule has 5 heteroatoms. The number of para-hydroxylation sites is 1. The van der Waals surface area contributed by atoms with E-state index in [-0.39, 0.29) is 11.9 Å². The fraction of sp³-hybridized carbons (Fsp3) is 0.462. The van der Waals surface area contributed by atoms with Gasteiger partial charge in [-0.3, -0.25) is 4.79 Å². The predicted octanol–water partition coefficient (Wildman–Crippen LogP) is 1.14. The second-order valence-corrected chi connectivity index (χ2v) is 4.35. The smallest absolute Gasteiger partial charge is 0.258 e. The van der Waals surface area contributed by atoms with Crippen LogP contribution in [0.1, 0.15) is 17.3 Å². The molecule has 1 saturated heterocycles. The van der Waals surface area contributed by atoms with E-state index < -0.39 is 0 Å². The highest BCUT2D eigenvalue weighted by atomic mass is 16.5. The second kappa shape index (κ2) is 5.27. The number of carbonyl (C=O) groups is 1. The molecular weight excluding hydrogens is 232 g/mol. The van der Waals surface area contributed by atoms with Gasteiger partial charge in [0.25, 0.3) is 5.91 Å². The molecule has 1 amide bonds. The van der Waals surface area contributed by atoms with Gasteiger partial charge in [0.2, 0.25) is 0 Å². The Morgan fingerprint density at radius 3 is 3.00 bits per heavy atom. The van der Waals surface area contributed by atoms with E-state index in [2.05, 4.69) is 0 Å². The first-order valence-corrected chi connectivity index (χ1v) is 5.96. The van der Waals surface area contributed by atoms with Crippen molar-refractivity contribution in [1.82, 2.24) is 4.90 Å². The van der Waals surface area contributed by atoms with Crippen LogP contribution in [0.4, 0.5) is 5.69 Å². The van der Waals surface area contributed by atoms with E-state index in [9.17, 15) is 4.79 Å². The van der Waals surface area contributed by atoms with Crippen LogP contribution >= 0.6 is 0 Å². The van der Waals surface area contributed by atoms with Crippen LogP contribution in [0.2, 0.25) is 0 Å². The third kappa shape index (κ3) is 2.26. The SMILES string of the molecule is COc1c(N)cccc1C(=O)N1CCOC[C@H]1C. The number of benzene rings is 1. The molecule has 0 spiro atoms. The van der Waals surface area contributed by atoms with Crippen molar-refractivity contribution in [3.05, 3.63) is 23.8 Å². The number of morpholine rings is 1. The molecule has 1 fully saturated rings. The molecule has 1 aromatic carbocycles. The predicted molar refractivity (Wildman–Crippen MR) is 68.7 cm³/mol. The van der Waals surface area contributed by atoms with E-state index in [0.717, 1.165) is 0 Å². The lowest BCUT2D eigenvalue weighted by Gasteiger charge is -2.33. The van der Waals surface area contributed by atoms with Crippen molar-refractivity contribution < 1.29 is 14.3 Å². The van der Waals surface area contributed by atoms with Gasteiger partial charge in [-0.05, 0) is 19.1 Å². The topological polar surface area (TPSA) is 64.8 Å². The average molecular weight is 250 g/mol. The van der Waals surface area contributed by atoms with E-state index in [1.54, 1.807) is 23.1 Å². The van der Waals surface area contributed by atoms with Gasteiger partial charge in [-0.2, -0.15) is 0 Å². The summed E-state index contributed by atoms with van der Waals surface area (Å²) < 4.78 is 10.5. The van der Waals surface area contributed by atoms with Gasteiger partial charge < -0.3 is 20.1 Å². The van der Waals surface area contributed by atoms with Crippen LogP contribution in [0.3, 0.4) is 0 Å². The molecule has 1 atom stereocenters. The van der Waals surface area contributed by atoms with Crippen molar-refractivity contribution in [2.45, 2.75) is 13.0 Å². The summed E-state index contributed by atoms with van der Waals surface area (Å²) in [6.07, 6.45) is 0. The fourth-order valence-electron chi connectivity index (χ4n) is 2.13. The highest BCUT2D eigenvalue weighted by Gasteiger charge is 2.27. The Morgan fingerprint density at radius 1 is 1.56 bits per heavy atom. The van der Waals surface area contributed by atoms with Crippen molar-refractivity contribution >= 4 is 11.6 Å². The summed E-state index contributed by atoms with van der Waals surface area (Å²) in [4.78, 5) is 14.3. The van der Waals surface area contributed by atoms with Crippen LogP contribution in [0.25, 0.3) is 0 Å². The molecule has 1 aromatic rings. The Balaban J connectivity index is 2.30. The Bertz CT molecular complexity index is 448. The molecule has 0 unspecified atom stereocenters. The van der Waals surface area contributed by atoms with Crippen molar-refractivity contribution in [1.29, 1.82) is 0 Å². The second-order valence-electron chi connectivity index (χ2n) is 4.35. The molecule has 0 radical (unpaired) electrons. The van der Waals surface area contributed by atoms with Gasteiger partial charge >= 0.3 is 0 Å². The summed E-state index contributed by atoms with van der Waals surface area (Å²) in [7, 11) is 1.52. The summed E-state index contributed by atoms with van der Waals surface area (Å²) in [5.41, 5.74) is 6.80. The molecule has 0 aromatic heterocycles. The van der Waals surface area contributed by atoms with Gasteiger partial charge in [0.15, 0.2) is 5.75 Å². The lowest BCUT2D eigenvalue weighted by Crippen LogP contribution is -2.47. The van der Waals surface area contributed by atoms with Crippen LogP contribution in [0.15, 0.2) is 18.2 Å².